The second-order valence-corrected chi connectivity index (χ2v) is 2.03. The summed E-state index contributed by atoms with van der Waals surface area (Å²) in [7, 11) is 0. The van der Waals surface area contributed by atoms with Crippen LogP contribution in [-0.2, 0) is 4.74 Å². The summed E-state index contributed by atoms with van der Waals surface area (Å²) in [5.41, 5.74) is 0. The van der Waals surface area contributed by atoms with E-state index in [0.717, 1.165) is 0 Å². The first kappa shape index (κ1) is 6.01. The summed E-state index contributed by atoms with van der Waals surface area (Å²) in [6, 6.07) is 0. The van der Waals surface area contributed by atoms with Crippen LogP contribution in [0.25, 0.3) is 0 Å². The molecule has 2 atom stereocenters. The van der Waals surface area contributed by atoms with Crippen molar-refractivity contribution in [3.63, 3.8) is 0 Å². The van der Waals surface area contributed by atoms with Gasteiger partial charge in [0, 0.05) is 6.42 Å². The minimum atomic E-state index is -0.354. The van der Waals surface area contributed by atoms with Gasteiger partial charge >= 0.3 is 0 Å². The van der Waals surface area contributed by atoms with E-state index in [1.165, 1.54) is 0 Å². The minimum absolute atomic E-state index is 0.0249. The van der Waals surface area contributed by atoms with Crippen LogP contribution in [0.2, 0.25) is 0 Å². The number of aliphatic hydroxyl groups is 2. The number of hydrogen-bond donors (Lipinski definition) is 2. The van der Waals surface area contributed by atoms with E-state index in [2.05, 4.69) is 0 Å². The third-order valence-corrected chi connectivity index (χ3v) is 1.26. The van der Waals surface area contributed by atoms with E-state index >= 15 is 0 Å². The van der Waals surface area contributed by atoms with Gasteiger partial charge in [0.25, 0.3) is 0 Å². The van der Waals surface area contributed by atoms with Crippen LogP contribution in [0.1, 0.15) is 6.42 Å². The van der Waals surface area contributed by atoms with E-state index in [0.29, 0.717) is 13.0 Å². The van der Waals surface area contributed by atoms with Crippen molar-refractivity contribution in [2.75, 3.05) is 13.2 Å². The molecule has 0 amide bonds. The third-order valence-electron chi connectivity index (χ3n) is 1.26. The summed E-state index contributed by atoms with van der Waals surface area (Å²) in [4.78, 5) is 0. The van der Waals surface area contributed by atoms with Crippen molar-refractivity contribution in [1.82, 2.24) is 0 Å². The van der Waals surface area contributed by atoms with E-state index < -0.39 is 0 Å². The molecule has 0 saturated carbocycles. The first-order valence-electron chi connectivity index (χ1n) is 2.73. The van der Waals surface area contributed by atoms with Crippen LogP contribution >= 0.6 is 0 Å². The summed E-state index contributed by atoms with van der Waals surface area (Å²) in [5, 5.41) is 17.2. The van der Waals surface area contributed by atoms with Crippen LogP contribution in [-0.4, -0.2) is 35.6 Å². The Hall–Kier alpha value is -0.120. The highest BCUT2D eigenvalue weighted by molar-refractivity contribution is 4.70. The standard InChI is InChI=1S/C5H10O3/c6-2-5-1-4(7)3-8-5/h4-7H,1-3H2/t4-,5-/m0/s1. The van der Waals surface area contributed by atoms with E-state index in [1.54, 1.807) is 0 Å². The van der Waals surface area contributed by atoms with Crippen molar-refractivity contribution in [1.29, 1.82) is 0 Å². The summed E-state index contributed by atoms with van der Waals surface area (Å²) in [6.07, 6.45) is 0.105. The van der Waals surface area contributed by atoms with Crippen LogP contribution in [0, 0.1) is 0 Å². The SMILES string of the molecule is OC[C@@H]1C[C@H](O)CO1. The quantitative estimate of drug-likeness (QED) is 0.470. The molecule has 1 aliphatic heterocycles. The van der Waals surface area contributed by atoms with E-state index in [9.17, 15) is 0 Å². The Kier molecular flexibility index (Phi) is 1.83. The number of rotatable bonds is 1. The zero-order chi connectivity index (χ0) is 5.98. The van der Waals surface area contributed by atoms with Crippen molar-refractivity contribution >= 4 is 0 Å². The van der Waals surface area contributed by atoms with Crippen LogP contribution in [0.4, 0.5) is 0 Å². The molecule has 8 heavy (non-hydrogen) atoms. The summed E-state index contributed by atoms with van der Waals surface area (Å²) >= 11 is 0. The molecule has 0 bridgehead atoms. The average molecular weight is 118 g/mol. The lowest BCUT2D eigenvalue weighted by atomic mass is 10.2. The molecule has 0 aromatic carbocycles. The molecule has 0 aliphatic carbocycles. The van der Waals surface area contributed by atoms with Crippen molar-refractivity contribution in [3.8, 4) is 0 Å². The Morgan fingerprint density at radius 3 is 2.62 bits per heavy atom. The van der Waals surface area contributed by atoms with Crippen molar-refractivity contribution in [3.05, 3.63) is 0 Å². The van der Waals surface area contributed by atoms with Gasteiger partial charge in [-0.05, 0) is 0 Å². The second kappa shape index (κ2) is 2.44. The van der Waals surface area contributed by atoms with Gasteiger partial charge in [0.05, 0.1) is 25.4 Å². The number of hydrogen-bond acceptors (Lipinski definition) is 3. The Morgan fingerprint density at radius 2 is 2.38 bits per heavy atom. The molecule has 48 valence electrons. The summed E-state index contributed by atoms with van der Waals surface area (Å²) in [5.74, 6) is 0. The lowest BCUT2D eigenvalue weighted by Gasteiger charge is -2.00. The molecule has 1 aliphatic rings. The minimum Gasteiger partial charge on any atom is -0.394 e. The van der Waals surface area contributed by atoms with Crippen molar-refractivity contribution in [2.45, 2.75) is 18.6 Å². The summed E-state index contributed by atoms with van der Waals surface area (Å²) in [6.45, 7) is 0.405. The molecular formula is C5H10O3. The van der Waals surface area contributed by atoms with E-state index in [-0.39, 0.29) is 18.8 Å². The van der Waals surface area contributed by atoms with Crippen LogP contribution in [0.3, 0.4) is 0 Å². The van der Waals surface area contributed by atoms with Gasteiger partial charge < -0.3 is 14.9 Å². The molecule has 1 fully saturated rings. The maximum Gasteiger partial charge on any atom is 0.0832 e. The number of aliphatic hydroxyl groups excluding tert-OH is 2. The molecule has 0 aromatic rings. The predicted molar refractivity (Wildman–Crippen MR) is 27.4 cm³/mol. The molecule has 0 spiro atoms. The highest BCUT2D eigenvalue weighted by Crippen LogP contribution is 2.11. The van der Waals surface area contributed by atoms with Gasteiger partial charge in [-0.3, -0.25) is 0 Å². The third kappa shape index (κ3) is 1.18. The fourth-order valence-electron chi connectivity index (χ4n) is 0.814. The fraction of sp³-hybridized carbons (Fsp3) is 1.00. The molecule has 1 rings (SSSR count). The molecule has 1 saturated heterocycles. The summed E-state index contributed by atoms with van der Waals surface area (Å²) < 4.78 is 4.91. The highest BCUT2D eigenvalue weighted by atomic mass is 16.5. The zero-order valence-corrected chi connectivity index (χ0v) is 4.58. The first-order valence-corrected chi connectivity index (χ1v) is 2.73. The van der Waals surface area contributed by atoms with Crippen molar-refractivity contribution in [2.24, 2.45) is 0 Å². The van der Waals surface area contributed by atoms with Crippen LogP contribution in [0.5, 0.6) is 0 Å². The maximum absolute atomic E-state index is 8.79. The Morgan fingerprint density at radius 1 is 1.62 bits per heavy atom. The largest absolute Gasteiger partial charge is 0.394 e. The van der Waals surface area contributed by atoms with Gasteiger partial charge in [0.1, 0.15) is 0 Å². The first-order chi connectivity index (χ1) is 3.83. The van der Waals surface area contributed by atoms with Gasteiger partial charge in [-0.1, -0.05) is 0 Å². The monoisotopic (exact) mass is 118 g/mol. The Bertz CT molecular complexity index is 74.1. The van der Waals surface area contributed by atoms with Gasteiger partial charge in [-0.15, -0.1) is 0 Å². The van der Waals surface area contributed by atoms with Crippen molar-refractivity contribution < 1.29 is 14.9 Å². The molecule has 0 aromatic heterocycles. The second-order valence-electron chi connectivity index (χ2n) is 2.03. The maximum atomic E-state index is 8.79. The molecule has 3 heteroatoms. The van der Waals surface area contributed by atoms with Gasteiger partial charge in [0.2, 0.25) is 0 Å². The van der Waals surface area contributed by atoms with Crippen LogP contribution in [0.15, 0.2) is 0 Å². The van der Waals surface area contributed by atoms with Gasteiger partial charge in [-0.25, -0.2) is 0 Å². The molecule has 2 N–H and O–H groups in total. The predicted octanol–water partition coefficient (Wildman–Crippen LogP) is -0.872. The Balaban J connectivity index is 2.22. The smallest absolute Gasteiger partial charge is 0.0832 e. The molecular weight excluding hydrogens is 108 g/mol. The normalized spacial score (nSPS) is 38.2. The van der Waals surface area contributed by atoms with E-state index in [1.807, 2.05) is 0 Å². The van der Waals surface area contributed by atoms with Gasteiger partial charge in [-0.2, -0.15) is 0 Å². The topological polar surface area (TPSA) is 49.7 Å². The highest BCUT2D eigenvalue weighted by Gasteiger charge is 2.21. The van der Waals surface area contributed by atoms with Gasteiger partial charge in [0.15, 0.2) is 0 Å². The molecule has 1 heterocycles. The lowest BCUT2D eigenvalue weighted by molar-refractivity contribution is 0.0516. The average Bonchev–Trinajstić information content (AvgIpc) is 2.14. The Labute approximate surface area is 47.9 Å². The zero-order valence-electron chi connectivity index (χ0n) is 4.58. The molecule has 0 unspecified atom stereocenters. The molecule has 3 nitrogen and oxygen atoms in total. The van der Waals surface area contributed by atoms with Crippen LogP contribution < -0.4 is 0 Å². The lowest BCUT2D eigenvalue weighted by Crippen LogP contribution is -2.10. The van der Waals surface area contributed by atoms with E-state index in [4.69, 9.17) is 14.9 Å². The fourth-order valence-corrected chi connectivity index (χ4v) is 0.814. The number of ether oxygens (including phenoxy) is 1. The molecule has 0 radical (unpaired) electrons.